The van der Waals surface area contributed by atoms with E-state index in [1.54, 1.807) is 11.6 Å². The first kappa shape index (κ1) is 28.5. The molecule has 9 unspecified atom stereocenters. The molecule has 0 aromatic heterocycles. The maximum absolute atomic E-state index is 3.19. The van der Waals surface area contributed by atoms with Crippen LogP contribution in [0, 0.1) is 0 Å². The fourth-order valence-electron chi connectivity index (χ4n) is 11.2. The molecule has 0 radical (unpaired) electrons. The summed E-state index contributed by atoms with van der Waals surface area (Å²) < 4.78 is 9.40. The summed E-state index contributed by atoms with van der Waals surface area (Å²) in [6, 6.07) is 27.6. The van der Waals surface area contributed by atoms with Gasteiger partial charge < -0.3 is 19.1 Å². The summed E-state index contributed by atoms with van der Waals surface area (Å²) in [5, 5.41) is 0. The van der Waals surface area contributed by atoms with Gasteiger partial charge in [-0.3, -0.25) is 4.90 Å². The van der Waals surface area contributed by atoms with Gasteiger partial charge in [0.25, 0.3) is 0 Å². The quantitative estimate of drug-likeness (QED) is 0.308. The van der Waals surface area contributed by atoms with E-state index in [0.717, 1.165) is 0 Å². The molecule has 7 heteroatoms. The molecule has 2 bridgehead atoms. The van der Waals surface area contributed by atoms with Crippen molar-refractivity contribution in [3.05, 3.63) is 84.5 Å². The van der Waals surface area contributed by atoms with Gasteiger partial charge in [-0.1, -0.05) is 62.1 Å². The lowest BCUT2D eigenvalue weighted by Crippen LogP contribution is -2.60. The molecule has 6 aliphatic heterocycles. The first-order valence-corrected chi connectivity index (χ1v) is 20.0. The molecule has 242 valence electrons. The standard InChI is InChI=1S/C39H51N6P/c1-40-30-18-12-24-32(40)35-25-13-19-31-27-39-42(29-16-6-3-7-17-29)34-21-9-11-23-37(34)45(39)46(43(31)35)44-36-22-10-8-20-33(36)41(38(44)26-30)28-14-4-2-5-15-28/h2-7,14-17,26-27,30-37H,8-13,18-25H2,1H3. The van der Waals surface area contributed by atoms with Crippen LogP contribution in [0.3, 0.4) is 0 Å². The van der Waals surface area contributed by atoms with E-state index in [1.165, 1.54) is 101 Å². The Labute approximate surface area is 277 Å². The SMILES string of the molecule is CN1C2C=C3N(c4ccccc4)C4CCCCC4N3P3N4C(=CC5CCCC(C1CCC2)N53)N(c1ccccc1)C1CCCCC14. The number of benzene rings is 2. The van der Waals surface area contributed by atoms with E-state index >= 15 is 0 Å². The molecule has 2 saturated carbocycles. The minimum Gasteiger partial charge on any atom is -0.323 e. The van der Waals surface area contributed by atoms with Crippen molar-refractivity contribution >= 4 is 19.7 Å². The molecule has 0 amide bonds. The Hall–Kier alpha value is -2.53. The van der Waals surface area contributed by atoms with Crippen molar-refractivity contribution in [2.45, 2.75) is 138 Å². The maximum atomic E-state index is 3.19. The number of piperidine rings is 2. The predicted octanol–water partition coefficient (Wildman–Crippen LogP) is 8.27. The summed E-state index contributed by atoms with van der Waals surface area (Å²) in [5.74, 6) is 3.10. The van der Waals surface area contributed by atoms with Gasteiger partial charge in [0.1, 0.15) is 11.6 Å². The van der Waals surface area contributed by atoms with Gasteiger partial charge >= 0.3 is 0 Å². The van der Waals surface area contributed by atoms with Gasteiger partial charge in [0, 0.05) is 35.5 Å². The van der Waals surface area contributed by atoms with Crippen molar-refractivity contribution in [1.29, 1.82) is 0 Å². The van der Waals surface area contributed by atoms with E-state index in [0.29, 0.717) is 48.3 Å². The maximum Gasteiger partial charge on any atom is 0.182 e. The Morgan fingerprint density at radius 3 is 1.50 bits per heavy atom. The molecule has 0 N–H and O–H groups in total. The van der Waals surface area contributed by atoms with Crippen LogP contribution in [0.15, 0.2) is 84.5 Å². The Balaban J connectivity index is 1.21. The van der Waals surface area contributed by atoms with Crippen LogP contribution in [0.4, 0.5) is 11.4 Å². The van der Waals surface area contributed by atoms with E-state index in [-0.39, 0.29) is 0 Å². The first-order valence-electron chi connectivity index (χ1n) is 18.8. The molecule has 6 fully saturated rings. The third-order valence-electron chi connectivity index (χ3n) is 13.2. The Morgan fingerprint density at radius 1 is 0.478 bits per heavy atom. The molecule has 9 atom stereocenters. The molecule has 8 aliphatic rings. The van der Waals surface area contributed by atoms with Gasteiger partial charge in [-0.15, -0.1) is 0 Å². The van der Waals surface area contributed by atoms with Crippen molar-refractivity contribution in [3.8, 4) is 0 Å². The lowest BCUT2D eigenvalue weighted by atomic mass is 9.86. The molecule has 10 rings (SSSR count). The monoisotopic (exact) mass is 634 g/mol. The zero-order chi connectivity index (χ0) is 30.4. The Kier molecular flexibility index (Phi) is 6.98. The fraction of sp³-hybridized carbons (Fsp3) is 0.590. The lowest BCUT2D eigenvalue weighted by Gasteiger charge is -2.58. The van der Waals surface area contributed by atoms with Gasteiger partial charge in [-0.25, -0.2) is 4.67 Å². The van der Waals surface area contributed by atoms with Crippen molar-refractivity contribution in [1.82, 2.24) is 18.9 Å². The Morgan fingerprint density at radius 2 is 0.935 bits per heavy atom. The van der Waals surface area contributed by atoms with E-state index in [1.807, 2.05) is 0 Å². The predicted molar refractivity (Wildman–Crippen MR) is 189 cm³/mol. The van der Waals surface area contributed by atoms with Crippen molar-refractivity contribution in [2.24, 2.45) is 0 Å². The van der Waals surface area contributed by atoms with Crippen LogP contribution in [-0.2, 0) is 0 Å². The van der Waals surface area contributed by atoms with Crippen LogP contribution in [0.2, 0.25) is 0 Å². The van der Waals surface area contributed by atoms with Crippen LogP contribution in [0.5, 0.6) is 0 Å². The third kappa shape index (κ3) is 4.18. The van der Waals surface area contributed by atoms with Gasteiger partial charge in [-0.05, 0) is 108 Å². The highest BCUT2D eigenvalue weighted by atomic mass is 31.2. The van der Waals surface area contributed by atoms with E-state index < -0.39 is 8.37 Å². The van der Waals surface area contributed by atoms with Crippen molar-refractivity contribution in [3.63, 3.8) is 0 Å². The second kappa shape index (κ2) is 11.3. The number of para-hydroxylation sites is 2. The number of hydrogen-bond donors (Lipinski definition) is 0. The molecule has 6 heterocycles. The first-order chi connectivity index (χ1) is 22.8. The minimum atomic E-state index is -0.731. The average molecular weight is 635 g/mol. The van der Waals surface area contributed by atoms with Gasteiger partial charge in [0.15, 0.2) is 8.37 Å². The molecular formula is C39H51N6P. The lowest BCUT2D eigenvalue weighted by molar-refractivity contribution is 0.0506. The third-order valence-corrected chi connectivity index (χ3v) is 15.9. The zero-order valence-electron chi connectivity index (χ0n) is 27.6. The average Bonchev–Trinajstić information content (AvgIpc) is 3.61. The minimum absolute atomic E-state index is 0.509. The molecule has 2 aromatic rings. The molecule has 4 saturated heterocycles. The Bertz CT molecular complexity index is 1500. The number of nitrogens with zero attached hydrogens (tertiary/aromatic N) is 6. The molecule has 2 aromatic carbocycles. The van der Waals surface area contributed by atoms with Gasteiger partial charge in [0.05, 0.1) is 24.2 Å². The van der Waals surface area contributed by atoms with Crippen LogP contribution < -0.4 is 9.80 Å². The summed E-state index contributed by atoms with van der Waals surface area (Å²) in [6.45, 7) is 0. The van der Waals surface area contributed by atoms with Crippen LogP contribution >= 0.6 is 8.37 Å². The summed E-state index contributed by atoms with van der Waals surface area (Å²) in [5.41, 5.74) is 2.81. The van der Waals surface area contributed by atoms with E-state index in [2.05, 4.69) is 109 Å². The van der Waals surface area contributed by atoms with Crippen molar-refractivity contribution in [2.75, 3.05) is 16.8 Å². The second-order valence-corrected chi connectivity index (χ2v) is 17.3. The van der Waals surface area contributed by atoms with Gasteiger partial charge in [-0.2, -0.15) is 0 Å². The highest BCUT2D eigenvalue weighted by Gasteiger charge is 2.61. The number of hydrogen-bond acceptors (Lipinski definition) is 6. The molecule has 6 nitrogen and oxygen atoms in total. The summed E-state index contributed by atoms with van der Waals surface area (Å²) in [6.07, 6.45) is 24.2. The highest BCUT2D eigenvalue weighted by Crippen LogP contribution is 2.68. The van der Waals surface area contributed by atoms with E-state index in [9.17, 15) is 0 Å². The topological polar surface area (TPSA) is 19.4 Å². The van der Waals surface area contributed by atoms with Crippen LogP contribution in [0.25, 0.3) is 0 Å². The summed E-state index contributed by atoms with van der Waals surface area (Å²) >= 11 is 0. The highest BCUT2D eigenvalue weighted by molar-refractivity contribution is 7.50. The molecule has 2 aliphatic carbocycles. The second-order valence-electron chi connectivity index (χ2n) is 15.4. The number of anilines is 2. The fourth-order valence-corrected chi connectivity index (χ4v) is 14.6. The normalized spacial score (nSPS) is 38.8. The number of likely N-dealkylation sites (N-methyl/N-ethyl adjacent to an activating group) is 1. The largest absolute Gasteiger partial charge is 0.323 e. The van der Waals surface area contributed by atoms with Crippen LogP contribution in [0.1, 0.15) is 89.9 Å². The van der Waals surface area contributed by atoms with Crippen molar-refractivity contribution < 1.29 is 0 Å². The number of rotatable bonds is 2. The van der Waals surface area contributed by atoms with Crippen LogP contribution in [-0.4, -0.2) is 74.3 Å². The molecule has 46 heavy (non-hydrogen) atoms. The molecular weight excluding hydrogens is 583 g/mol. The van der Waals surface area contributed by atoms with Gasteiger partial charge in [0.2, 0.25) is 0 Å². The molecule has 0 spiro atoms. The summed E-state index contributed by atoms with van der Waals surface area (Å²) in [4.78, 5) is 8.52. The zero-order valence-corrected chi connectivity index (χ0v) is 28.5. The number of fused-ring (bicyclic) bond motifs is 11. The van der Waals surface area contributed by atoms with E-state index in [4.69, 9.17) is 0 Å². The smallest absolute Gasteiger partial charge is 0.182 e. The summed E-state index contributed by atoms with van der Waals surface area (Å²) in [7, 11) is 1.75.